The zero-order valence-corrected chi connectivity index (χ0v) is 17.5. The summed E-state index contributed by atoms with van der Waals surface area (Å²) in [6, 6.07) is 15.1. The average Bonchev–Trinajstić information content (AvgIpc) is 3.08. The molecule has 0 fully saturated rings. The van der Waals surface area contributed by atoms with Gasteiger partial charge in [-0.15, -0.1) is 0 Å². The molecule has 0 aliphatic rings. The molecule has 5 nitrogen and oxygen atoms in total. The molecule has 0 spiro atoms. The molecule has 2 aromatic heterocycles. The molecule has 0 radical (unpaired) electrons. The van der Waals surface area contributed by atoms with Crippen LogP contribution in [0.25, 0.3) is 28.2 Å². The normalized spacial score (nSPS) is 11.1. The highest BCUT2D eigenvalue weighted by Gasteiger charge is 2.22. The Bertz CT molecular complexity index is 1150. The third-order valence-electron chi connectivity index (χ3n) is 4.12. The first-order valence-corrected chi connectivity index (χ1v) is 10.6. The van der Waals surface area contributed by atoms with Gasteiger partial charge in [-0.2, -0.15) is 4.98 Å². The van der Waals surface area contributed by atoms with E-state index in [4.69, 9.17) is 37.9 Å². The lowest BCUT2D eigenvalue weighted by Crippen LogP contribution is -2.01. The number of ether oxygens (including phenoxy) is 1. The summed E-state index contributed by atoms with van der Waals surface area (Å²) < 4.78 is 7.71. The van der Waals surface area contributed by atoms with Gasteiger partial charge < -0.3 is 4.74 Å². The first-order valence-electron chi connectivity index (χ1n) is 8.60. The molecule has 4 rings (SSSR count). The lowest BCUT2D eigenvalue weighted by atomic mass is 10.2. The Kier molecular flexibility index (Phi) is 5.44. The summed E-state index contributed by atoms with van der Waals surface area (Å²) in [5.41, 5.74) is 2.91. The van der Waals surface area contributed by atoms with Crippen LogP contribution in [-0.4, -0.2) is 32.4 Å². The van der Waals surface area contributed by atoms with Gasteiger partial charge >= 0.3 is 0 Å². The SMILES string of the molecule is CCOc1nc(SC)nc2c1nc(-c1ccccc1Cl)n2-c1ccc(Cl)cc1. The van der Waals surface area contributed by atoms with Crippen molar-refractivity contribution < 1.29 is 4.74 Å². The average molecular weight is 431 g/mol. The maximum Gasteiger partial charge on any atom is 0.246 e. The fourth-order valence-electron chi connectivity index (χ4n) is 2.90. The standard InChI is InChI=1S/C20H16Cl2N4OS/c1-3-27-19-16-18(24-20(25-19)28-2)26(13-10-8-12(21)9-11-13)17(23-16)14-6-4-5-7-15(14)22/h4-11H,3H2,1-2H3. The van der Waals surface area contributed by atoms with Crippen molar-refractivity contribution in [2.45, 2.75) is 12.1 Å². The van der Waals surface area contributed by atoms with Crippen molar-refractivity contribution in [3.8, 4) is 23.0 Å². The minimum Gasteiger partial charge on any atom is -0.476 e. The van der Waals surface area contributed by atoms with Gasteiger partial charge in [0.15, 0.2) is 16.3 Å². The predicted molar refractivity (Wildman–Crippen MR) is 115 cm³/mol. The van der Waals surface area contributed by atoms with Crippen LogP contribution in [0.2, 0.25) is 10.0 Å². The van der Waals surface area contributed by atoms with Crippen LogP contribution in [0.1, 0.15) is 6.92 Å². The lowest BCUT2D eigenvalue weighted by molar-refractivity contribution is 0.327. The second-order valence-corrected chi connectivity index (χ2v) is 7.46. The number of hydrogen-bond donors (Lipinski definition) is 0. The Morgan fingerprint density at radius 1 is 1.00 bits per heavy atom. The van der Waals surface area contributed by atoms with E-state index in [0.717, 1.165) is 11.3 Å². The Hall–Kier alpha value is -2.28. The number of rotatable bonds is 5. The molecule has 2 heterocycles. The molecule has 2 aromatic carbocycles. The summed E-state index contributed by atoms with van der Waals surface area (Å²) in [6.45, 7) is 2.40. The smallest absolute Gasteiger partial charge is 0.246 e. The molecule has 0 atom stereocenters. The summed E-state index contributed by atoms with van der Waals surface area (Å²) in [5.74, 6) is 1.12. The number of thioether (sulfide) groups is 1. The van der Waals surface area contributed by atoms with Crippen LogP contribution in [0, 0.1) is 0 Å². The molecule has 0 unspecified atom stereocenters. The van der Waals surface area contributed by atoms with Crippen LogP contribution in [-0.2, 0) is 0 Å². The number of fused-ring (bicyclic) bond motifs is 1. The Morgan fingerprint density at radius 2 is 1.75 bits per heavy atom. The topological polar surface area (TPSA) is 52.8 Å². The van der Waals surface area contributed by atoms with Crippen LogP contribution < -0.4 is 4.74 Å². The van der Waals surface area contributed by atoms with Gasteiger partial charge in [0, 0.05) is 16.3 Å². The van der Waals surface area contributed by atoms with Gasteiger partial charge in [0.2, 0.25) is 5.88 Å². The van der Waals surface area contributed by atoms with E-state index in [1.54, 1.807) is 0 Å². The molecule has 0 saturated heterocycles. The predicted octanol–water partition coefficient (Wildman–Crippen LogP) is 5.91. The van der Waals surface area contributed by atoms with E-state index in [1.807, 2.05) is 66.3 Å². The van der Waals surface area contributed by atoms with E-state index in [9.17, 15) is 0 Å². The summed E-state index contributed by atoms with van der Waals surface area (Å²) in [4.78, 5) is 14.0. The highest BCUT2D eigenvalue weighted by atomic mass is 35.5. The third-order valence-corrected chi connectivity index (χ3v) is 5.25. The molecule has 0 bridgehead atoms. The second-order valence-electron chi connectivity index (χ2n) is 5.85. The van der Waals surface area contributed by atoms with E-state index in [2.05, 4.69) is 4.98 Å². The third kappa shape index (κ3) is 3.43. The van der Waals surface area contributed by atoms with Crippen LogP contribution in [0.4, 0.5) is 0 Å². The molecule has 0 amide bonds. The minimum absolute atomic E-state index is 0.456. The number of hydrogen-bond acceptors (Lipinski definition) is 5. The number of benzene rings is 2. The number of aromatic nitrogens is 4. The molecule has 28 heavy (non-hydrogen) atoms. The first-order chi connectivity index (χ1) is 13.6. The van der Waals surface area contributed by atoms with E-state index in [-0.39, 0.29) is 0 Å². The highest BCUT2D eigenvalue weighted by molar-refractivity contribution is 7.98. The zero-order chi connectivity index (χ0) is 19.7. The molecule has 0 saturated carbocycles. The summed E-state index contributed by atoms with van der Waals surface area (Å²) in [7, 11) is 0. The highest BCUT2D eigenvalue weighted by Crippen LogP contribution is 2.35. The molecular weight excluding hydrogens is 415 g/mol. The van der Waals surface area contributed by atoms with Crippen molar-refractivity contribution in [3.05, 3.63) is 58.6 Å². The Balaban J connectivity index is 2.10. The molecule has 0 aliphatic heterocycles. The van der Waals surface area contributed by atoms with Gasteiger partial charge in [-0.05, 0) is 49.6 Å². The number of imidazole rings is 1. The van der Waals surface area contributed by atoms with Crippen molar-refractivity contribution in [3.63, 3.8) is 0 Å². The molecule has 142 valence electrons. The van der Waals surface area contributed by atoms with Crippen molar-refractivity contribution in [1.29, 1.82) is 0 Å². The van der Waals surface area contributed by atoms with Crippen LogP contribution in [0.5, 0.6) is 5.88 Å². The Morgan fingerprint density at radius 3 is 2.43 bits per heavy atom. The van der Waals surface area contributed by atoms with E-state index >= 15 is 0 Å². The van der Waals surface area contributed by atoms with Crippen molar-refractivity contribution >= 4 is 46.1 Å². The van der Waals surface area contributed by atoms with Gasteiger partial charge in [0.25, 0.3) is 0 Å². The molecule has 4 aromatic rings. The maximum atomic E-state index is 6.48. The van der Waals surface area contributed by atoms with Gasteiger partial charge in [-0.1, -0.05) is 47.1 Å². The summed E-state index contributed by atoms with van der Waals surface area (Å²) >= 11 is 14.0. The lowest BCUT2D eigenvalue weighted by Gasteiger charge is -2.10. The molecule has 8 heteroatoms. The van der Waals surface area contributed by atoms with E-state index < -0.39 is 0 Å². The monoisotopic (exact) mass is 430 g/mol. The van der Waals surface area contributed by atoms with Gasteiger partial charge in [-0.25, -0.2) is 9.97 Å². The zero-order valence-electron chi connectivity index (χ0n) is 15.2. The Labute approximate surface area is 176 Å². The summed E-state index contributed by atoms with van der Waals surface area (Å²) in [6.07, 6.45) is 1.93. The first kappa shape index (κ1) is 19.1. The quantitative estimate of drug-likeness (QED) is 0.291. The second kappa shape index (κ2) is 7.99. The largest absolute Gasteiger partial charge is 0.476 e. The summed E-state index contributed by atoms with van der Waals surface area (Å²) in [5, 5.41) is 1.86. The van der Waals surface area contributed by atoms with E-state index in [0.29, 0.717) is 44.7 Å². The van der Waals surface area contributed by atoms with Crippen molar-refractivity contribution in [1.82, 2.24) is 19.5 Å². The van der Waals surface area contributed by atoms with Gasteiger partial charge in [0.05, 0.1) is 11.6 Å². The van der Waals surface area contributed by atoms with Crippen LogP contribution >= 0.6 is 35.0 Å². The van der Waals surface area contributed by atoms with Crippen molar-refractivity contribution in [2.75, 3.05) is 12.9 Å². The van der Waals surface area contributed by atoms with E-state index in [1.165, 1.54) is 11.8 Å². The van der Waals surface area contributed by atoms with Crippen LogP contribution in [0.15, 0.2) is 53.7 Å². The number of nitrogens with zero attached hydrogens (tertiary/aromatic N) is 4. The van der Waals surface area contributed by atoms with Crippen molar-refractivity contribution in [2.24, 2.45) is 0 Å². The fourth-order valence-corrected chi connectivity index (χ4v) is 3.60. The number of halogens is 2. The van der Waals surface area contributed by atoms with Gasteiger partial charge in [-0.3, -0.25) is 4.57 Å². The van der Waals surface area contributed by atoms with Crippen LogP contribution in [0.3, 0.4) is 0 Å². The molecule has 0 N–H and O–H groups in total. The molecular formula is C20H16Cl2N4OS. The maximum absolute atomic E-state index is 6.48. The molecule has 0 aliphatic carbocycles. The minimum atomic E-state index is 0.456. The fraction of sp³-hybridized carbons (Fsp3) is 0.150. The van der Waals surface area contributed by atoms with Gasteiger partial charge in [0.1, 0.15) is 5.82 Å².